The molecular weight excluding hydrogens is 356 g/mol. The van der Waals surface area contributed by atoms with Crippen molar-refractivity contribution in [2.24, 2.45) is 0 Å². The summed E-state index contributed by atoms with van der Waals surface area (Å²) in [6, 6.07) is 9.82. The maximum atomic E-state index is 12.7. The van der Waals surface area contributed by atoms with Gasteiger partial charge in [0.05, 0.1) is 19.5 Å². The highest BCUT2D eigenvalue weighted by atomic mass is 16.5. The fourth-order valence-electron chi connectivity index (χ4n) is 3.54. The summed E-state index contributed by atoms with van der Waals surface area (Å²) in [6.07, 6.45) is 8.24. The van der Waals surface area contributed by atoms with E-state index in [1.54, 1.807) is 25.7 Å². The molecule has 4 rings (SSSR count). The Morgan fingerprint density at radius 3 is 2.68 bits per heavy atom. The molecule has 1 amide bonds. The average molecular weight is 378 g/mol. The van der Waals surface area contributed by atoms with Crippen LogP contribution in [0.25, 0.3) is 10.8 Å². The molecule has 1 aliphatic carbocycles. The van der Waals surface area contributed by atoms with Crippen molar-refractivity contribution in [2.75, 3.05) is 7.11 Å². The predicted octanol–water partition coefficient (Wildman–Crippen LogP) is 3.15. The van der Waals surface area contributed by atoms with Crippen LogP contribution in [-0.2, 0) is 0 Å². The van der Waals surface area contributed by atoms with Crippen LogP contribution in [0.3, 0.4) is 0 Å². The number of rotatable bonds is 5. The summed E-state index contributed by atoms with van der Waals surface area (Å²) in [7, 11) is 1.55. The molecule has 2 heterocycles. The highest BCUT2D eigenvalue weighted by Crippen LogP contribution is 2.24. The largest absolute Gasteiger partial charge is 0.480 e. The van der Waals surface area contributed by atoms with Gasteiger partial charge in [-0.3, -0.25) is 14.8 Å². The van der Waals surface area contributed by atoms with Gasteiger partial charge in [0.25, 0.3) is 5.91 Å². The molecule has 0 aliphatic heterocycles. The molecule has 3 aromatic rings. The van der Waals surface area contributed by atoms with Gasteiger partial charge in [-0.2, -0.15) is 4.98 Å². The lowest BCUT2D eigenvalue weighted by atomic mass is 9.92. The molecule has 0 saturated heterocycles. The van der Waals surface area contributed by atoms with E-state index in [4.69, 9.17) is 9.47 Å². The minimum atomic E-state index is -0.125. The van der Waals surface area contributed by atoms with Gasteiger partial charge in [-0.15, -0.1) is 0 Å². The van der Waals surface area contributed by atoms with E-state index in [0.717, 1.165) is 36.5 Å². The van der Waals surface area contributed by atoms with Crippen molar-refractivity contribution < 1.29 is 14.3 Å². The van der Waals surface area contributed by atoms with E-state index >= 15 is 0 Å². The van der Waals surface area contributed by atoms with E-state index in [-0.39, 0.29) is 18.1 Å². The quantitative estimate of drug-likeness (QED) is 0.734. The third-order valence-electron chi connectivity index (χ3n) is 4.99. The van der Waals surface area contributed by atoms with Crippen molar-refractivity contribution in [3.63, 3.8) is 0 Å². The summed E-state index contributed by atoms with van der Waals surface area (Å²) in [5.41, 5.74) is 0.475. The molecule has 1 fully saturated rings. The van der Waals surface area contributed by atoms with E-state index in [1.165, 1.54) is 0 Å². The molecule has 0 unspecified atom stereocenters. The first-order valence-corrected chi connectivity index (χ1v) is 9.40. The highest BCUT2D eigenvalue weighted by molar-refractivity contribution is 6.05. The minimum absolute atomic E-state index is 0.0604. The number of hydrogen-bond acceptors (Lipinski definition) is 6. The fourth-order valence-corrected chi connectivity index (χ4v) is 3.54. The zero-order chi connectivity index (χ0) is 19.3. The standard InChI is InChI=1S/C21H22N4O3/c1-27-18-12-22-13-19(25-18)28-16-8-6-15(7-9-16)24-21(26)20-17-5-3-2-4-14(17)10-11-23-20/h2-5,10-13,15-16H,6-9H2,1H3,(H,24,26). The third kappa shape index (κ3) is 4.03. The SMILES string of the molecule is COc1cncc(OC2CCC(NC(=O)c3nccc4ccccc34)CC2)n1. The van der Waals surface area contributed by atoms with E-state index in [0.29, 0.717) is 17.5 Å². The van der Waals surface area contributed by atoms with Gasteiger partial charge in [-0.25, -0.2) is 0 Å². The lowest BCUT2D eigenvalue weighted by Crippen LogP contribution is -2.40. The molecule has 1 N–H and O–H groups in total. The van der Waals surface area contributed by atoms with Crippen LogP contribution in [-0.4, -0.2) is 40.1 Å². The third-order valence-corrected chi connectivity index (χ3v) is 4.99. The molecule has 1 saturated carbocycles. The first kappa shape index (κ1) is 18.2. The second-order valence-corrected chi connectivity index (χ2v) is 6.85. The summed E-state index contributed by atoms with van der Waals surface area (Å²) in [4.78, 5) is 25.3. The first-order valence-electron chi connectivity index (χ1n) is 9.40. The number of aromatic nitrogens is 3. The first-order chi connectivity index (χ1) is 13.7. The van der Waals surface area contributed by atoms with Crippen molar-refractivity contribution in [3.05, 3.63) is 54.6 Å². The Kier molecular flexibility index (Phi) is 5.32. The van der Waals surface area contributed by atoms with Crippen LogP contribution in [0.5, 0.6) is 11.8 Å². The molecule has 0 spiro atoms. The Labute approximate surface area is 163 Å². The zero-order valence-corrected chi connectivity index (χ0v) is 15.7. The lowest BCUT2D eigenvalue weighted by molar-refractivity contribution is 0.0886. The van der Waals surface area contributed by atoms with Gasteiger partial charge in [0, 0.05) is 17.6 Å². The highest BCUT2D eigenvalue weighted by Gasteiger charge is 2.25. The molecule has 7 nitrogen and oxygen atoms in total. The van der Waals surface area contributed by atoms with Gasteiger partial charge in [0.2, 0.25) is 11.8 Å². The van der Waals surface area contributed by atoms with Crippen LogP contribution in [0.4, 0.5) is 0 Å². The van der Waals surface area contributed by atoms with Crippen molar-refractivity contribution in [1.29, 1.82) is 0 Å². The fraction of sp³-hybridized carbons (Fsp3) is 0.333. The lowest BCUT2D eigenvalue weighted by Gasteiger charge is -2.29. The van der Waals surface area contributed by atoms with Crippen LogP contribution in [0.15, 0.2) is 48.9 Å². The second-order valence-electron chi connectivity index (χ2n) is 6.85. The number of pyridine rings is 1. The molecule has 7 heteroatoms. The van der Waals surface area contributed by atoms with Crippen molar-refractivity contribution in [2.45, 2.75) is 37.8 Å². The zero-order valence-electron chi connectivity index (χ0n) is 15.7. The Morgan fingerprint density at radius 2 is 1.86 bits per heavy atom. The molecule has 0 radical (unpaired) electrons. The molecule has 1 aromatic carbocycles. The number of fused-ring (bicyclic) bond motifs is 1. The smallest absolute Gasteiger partial charge is 0.270 e. The van der Waals surface area contributed by atoms with Crippen molar-refractivity contribution in [3.8, 4) is 11.8 Å². The normalized spacial score (nSPS) is 19.2. The number of carbonyl (C=O) groups is 1. The second kappa shape index (κ2) is 8.21. The summed E-state index contributed by atoms with van der Waals surface area (Å²) < 4.78 is 11.0. The topological polar surface area (TPSA) is 86.2 Å². The van der Waals surface area contributed by atoms with Gasteiger partial charge in [0.15, 0.2) is 0 Å². The molecular formula is C21H22N4O3. The number of ether oxygens (including phenoxy) is 2. The van der Waals surface area contributed by atoms with Crippen LogP contribution in [0.1, 0.15) is 36.2 Å². The van der Waals surface area contributed by atoms with Crippen LogP contribution in [0, 0.1) is 0 Å². The predicted molar refractivity (Wildman–Crippen MR) is 104 cm³/mol. The number of nitrogens with zero attached hydrogens (tertiary/aromatic N) is 3. The molecule has 2 aromatic heterocycles. The Morgan fingerprint density at radius 1 is 1.07 bits per heavy atom. The maximum absolute atomic E-state index is 12.7. The van der Waals surface area contributed by atoms with Gasteiger partial charge >= 0.3 is 0 Å². The van der Waals surface area contributed by atoms with Crippen molar-refractivity contribution >= 4 is 16.7 Å². The Balaban J connectivity index is 1.34. The summed E-state index contributed by atoms with van der Waals surface area (Å²) in [5, 5.41) is 5.01. The van der Waals surface area contributed by atoms with Crippen molar-refractivity contribution in [1.82, 2.24) is 20.3 Å². The summed E-state index contributed by atoms with van der Waals surface area (Å²) in [5.74, 6) is 0.771. The molecule has 144 valence electrons. The van der Waals surface area contributed by atoms with Crippen LogP contribution < -0.4 is 14.8 Å². The van der Waals surface area contributed by atoms with Gasteiger partial charge in [0.1, 0.15) is 11.8 Å². The summed E-state index contributed by atoms with van der Waals surface area (Å²) in [6.45, 7) is 0. The monoisotopic (exact) mass is 378 g/mol. The van der Waals surface area contributed by atoms with E-state index in [2.05, 4.69) is 20.3 Å². The van der Waals surface area contributed by atoms with Crippen LogP contribution >= 0.6 is 0 Å². The van der Waals surface area contributed by atoms with E-state index in [1.807, 2.05) is 30.3 Å². The summed E-state index contributed by atoms with van der Waals surface area (Å²) >= 11 is 0. The Bertz CT molecular complexity index is 965. The number of carbonyl (C=O) groups excluding carboxylic acids is 1. The molecule has 28 heavy (non-hydrogen) atoms. The number of methoxy groups -OCH3 is 1. The number of hydrogen-bond donors (Lipinski definition) is 1. The minimum Gasteiger partial charge on any atom is -0.480 e. The van der Waals surface area contributed by atoms with Crippen LogP contribution in [0.2, 0.25) is 0 Å². The van der Waals surface area contributed by atoms with Gasteiger partial charge in [-0.05, 0) is 37.1 Å². The Hall–Kier alpha value is -3.22. The average Bonchev–Trinajstić information content (AvgIpc) is 2.75. The maximum Gasteiger partial charge on any atom is 0.270 e. The number of benzene rings is 1. The molecule has 0 atom stereocenters. The molecule has 1 aliphatic rings. The number of amides is 1. The van der Waals surface area contributed by atoms with Gasteiger partial charge < -0.3 is 14.8 Å². The van der Waals surface area contributed by atoms with E-state index < -0.39 is 0 Å². The molecule has 0 bridgehead atoms. The van der Waals surface area contributed by atoms with Gasteiger partial charge in [-0.1, -0.05) is 24.3 Å². The van der Waals surface area contributed by atoms with E-state index in [9.17, 15) is 4.79 Å². The number of nitrogens with one attached hydrogen (secondary N) is 1.